The van der Waals surface area contributed by atoms with E-state index < -0.39 is 0 Å². The fourth-order valence-corrected chi connectivity index (χ4v) is 2.36. The first-order chi connectivity index (χ1) is 9.24. The smallest absolute Gasteiger partial charge is 0.225 e. The molecular weight excluding hydrogens is 326 g/mol. The van der Waals surface area contributed by atoms with Gasteiger partial charge in [0.15, 0.2) is 5.16 Å². The zero-order valence-electron chi connectivity index (χ0n) is 10.0. The number of thioether (sulfide) groups is 1. The van der Waals surface area contributed by atoms with Gasteiger partial charge in [0, 0.05) is 34.7 Å². The summed E-state index contributed by atoms with van der Waals surface area (Å²) in [5, 5.41) is 3.53. The van der Waals surface area contributed by atoms with Gasteiger partial charge in [-0.05, 0) is 30.3 Å². The number of benzene rings is 1. The number of hydrogen-bond acceptors (Lipinski definition) is 4. The van der Waals surface area contributed by atoms with E-state index in [0.717, 1.165) is 10.2 Å². The molecule has 0 radical (unpaired) electrons. The molecule has 6 heteroatoms. The maximum absolute atomic E-state index is 11.7. The quantitative estimate of drug-likeness (QED) is 0.671. The monoisotopic (exact) mass is 337 g/mol. The Morgan fingerprint density at radius 1 is 1.21 bits per heavy atom. The molecule has 0 saturated heterocycles. The van der Waals surface area contributed by atoms with Gasteiger partial charge in [0.1, 0.15) is 0 Å². The SMILES string of the molecule is O=C(CCSc1ncccn1)Nc1ccc(Br)cc1. The van der Waals surface area contributed by atoms with E-state index in [9.17, 15) is 4.79 Å². The van der Waals surface area contributed by atoms with Gasteiger partial charge in [-0.15, -0.1) is 0 Å². The van der Waals surface area contributed by atoms with Crippen LogP contribution in [0.4, 0.5) is 5.69 Å². The van der Waals surface area contributed by atoms with Crippen LogP contribution in [0.1, 0.15) is 6.42 Å². The number of carbonyl (C=O) groups is 1. The third-order valence-corrected chi connectivity index (χ3v) is 3.64. The van der Waals surface area contributed by atoms with E-state index in [0.29, 0.717) is 17.3 Å². The van der Waals surface area contributed by atoms with Crippen LogP contribution in [0.5, 0.6) is 0 Å². The normalized spacial score (nSPS) is 10.2. The molecule has 1 amide bonds. The van der Waals surface area contributed by atoms with Crippen molar-refractivity contribution in [3.63, 3.8) is 0 Å². The summed E-state index contributed by atoms with van der Waals surface area (Å²) in [6.45, 7) is 0. The molecule has 2 aromatic rings. The van der Waals surface area contributed by atoms with Gasteiger partial charge in [-0.2, -0.15) is 0 Å². The molecule has 1 heterocycles. The van der Waals surface area contributed by atoms with Crippen molar-refractivity contribution in [2.75, 3.05) is 11.1 Å². The minimum atomic E-state index is -0.00856. The van der Waals surface area contributed by atoms with E-state index in [1.807, 2.05) is 24.3 Å². The molecule has 0 saturated carbocycles. The topological polar surface area (TPSA) is 54.9 Å². The van der Waals surface area contributed by atoms with E-state index >= 15 is 0 Å². The average Bonchev–Trinajstić information content (AvgIpc) is 2.43. The van der Waals surface area contributed by atoms with Gasteiger partial charge in [-0.3, -0.25) is 4.79 Å². The number of hydrogen-bond donors (Lipinski definition) is 1. The van der Waals surface area contributed by atoms with Crippen molar-refractivity contribution in [3.05, 3.63) is 47.2 Å². The summed E-state index contributed by atoms with van der Waals surface area (Å²) in [6, 6.07) is 9.26. The number of nitrogens with zero attached hydrogens (tertiary/aromatic N) is 2. The summed E-state index contributed by atoms with van der Waals surface area (Å²) in [5.41, 5.74) is 0.800. The molecule has 0 aliphatic carbocycles. The molecule has 0 aliphatic rings. The van der Waals surface area contributed by atoms with Crippen LogP contribution in [0.2, 0.25) is 0 Å². The van der Waals surface area contributed by atoms with Crippen molar-refractivity contribution in [2.24, 2.45) is 0 Å². The van der Waals surface area contributed by atoms with Gasteiger partial charge in [0.05, 0.1) is 0 Å². The average molecular weight is 338 g/mol. The van der Waals surface area contributed by atoms with Gasteiger partial charge >= 0.3 is 0 Å². The van der Waals surface area contributed by atoms with Gasteiger partial charge in [-0.25, -0.2) is 9.97 Å². The Labute approximate surface area is 124 Å². The number of aromatic nitrogens is 2. The Hall–Kier alpha value is -1.40. The highest BCUT2D eigenvalue weighted by Gasteiger charge is 2.03. The summed E-state index contributed by atoms with van der Waals surface area (Å²) >= 11 is 4.82. The van der Waals surface area contributed by atoms with E-state index in [1.54, 1.807) is 18.5 Å². The molecule has 1 aromatic heterocycles. The van der Waals surface area contributed by atoms with Crippen molar-refractivity contribution in [1.29, 1.82) is 0 Å². The summed E-state index contributed by atoms with van der Waals surface area (Å²) in [4.78, 5) is 19.9. The second-order valence-corrected chi connectivity index (χ2v) is 5.66. The summed E-state index contributed by atoms with van der Waals surface area (Å²) < 4.78 is 0.988. The number of halogens is 1. The lowest BCUT2D eigenvalue weighted by Gasteiger charge is -2.04. The molecule has 0 unspecified atom stereocenters. The van der Waals surface area contributed by atoms with Gasteiger partial charge in [0.25, 0.3) is 0 Å². The van der Waals surface area contributed by atoms with Gasteiger partial charge in [-0.1, -0.05) is 27.7 Å². The zero-order valence-corrected chi connectivity index (χ0v) is 12.4. The van der Waals surface area contributed by atoms with Crippen LogP contribution >= 0.6 is 27.7 Å². The van der Waals surface area contributed by atoms with Gasteiger partial charge in [0.2, 0.25) is 5.91 Å². The second kappa shape index (κ2) is 7.25. The largest absolute Gasteiger partial charge is 0.326 e. The van der Waals surface area contributed by atoms with E-state index in [4.69, 9.17) is 0 Å². The third-order valence-electron chi connectivity index (χ3n) is 2.23. The molecule has 2 rings (SSSR count). The Bertz CT molecular complexity index is 533. The lowest BCUT2D eigenvalue weighted by molar-refractivity contribution is -0.115. The second-order valence-electron chi connectivity index (χ2n) is 3.68. The van der Waals surface area contributed by atoms with Crippen molar-refractivity contribution < 1.29 is 4.79 Å². The highest BCUT2D eigenvalue weighted by atomic mass is 79.9. The molecule has 0 spiro atoms. The van der Waals surface area contributed by atoms with Crippen LogP contribution in [-0.4, -0.2) is 21.6 Å². The predicted molar refractivity (Wildman–Crippen MR) is 80.1 cm³/mol. The maximum atomic E-state index is 11.7. The van der Waals surface area contributed by atoms with E-state index in [-0.39, 0.29) is 5.91 Å². The van der Waals surface area contributed by atoms with Crippen molar-refractivity contribution in [3.8, 4) is 0 Å². The fourth-order valence-electron chi connectivity index (χ4n) is 1.35. The molecule has 98 valence electrons. The zero-order chi connectivity index (χ0) is 13.5. The molecule has 0 fully saturated rings. The molecule has 0 aliphatic heterocycles. The maximum Gasteiger partial charge on any atom is 0.225 e. The highest BCUT2D eigenvalue weighted by molar-refractivity contribution is 9.10. The molecule has 1 aromatic carbocycles. The van der Waals surface area contributed by atoms with Gasteiger partial charge < -0.3 is 5.32 Å². The Morgan fingerprint density at radius 2 is 1.89 bits per heavy atom. The van der Waals surface area contributed by atoms with Crippen LogP contribution in [0, 0.1) is 0 Å². The molecule has 19 heavy (non-hydrogen) atoms. The standard InChI is InChI=1S/C13H12BrN3OS/c14-10-2-4-11(5-3-10)17-12(18)6-9-19-13-15-7-1-8-16-13/h1-5,7-8H,6,9H2,(H,17,18). The lowest BCUT2D eigenvalue weighted by atomic mass is 10.3. The fraction of sp³-hybridized carbons (Fsp3) is 0.154. The summed E-state index contributed by atoms with van der Waals surface area (Å²) in [7, 11) is 0. The van der Waals surface area contributed by atoms with E-state index in [2.05, 4.69) is 31.2 Å². The summed E-state index contributed by atoms with van der Waals surface area (Å²) in [6.07, 6.45) is 3.81. The van der Waals surface area contributed by atoms with Crippen LogP contribution < -0.4 is 5.32 Å². The van der Waals surface area contributed by atoms with Crippen molar-refractivity contribution >= 4 is 39.3 Å². The minimum absolute atomic E-state index is 0.00856. The molecule has 1 N–H and O–H groups in total. The van der Waals surface area contributed by atoms with Crippen molar-refractivity contribution in [1.82, 2.24) is 9.97 Å². The van der Waals surface area contributed by atoms with E-state index in [1.165, 1.54) is 11.8 Å². The van der Waals surface area contributed by atoms with Crippen LogP contribution in [0.3, 0.4) is 0 Å². The highest BCUT2D eigenvalue weighted by Crippen LogP contribution is 2.15. The Kier molecular flexibility index (Phi) is 5.35. The predicted octanol–water partition coefficient (Wildman–Crippen LogP) is 3.36. The molecule has 4 nitrogen and oxygen atoms in total. The van der Waals surface area contributed by atoms with Crippen LogP contribution in [-0.2, 0) is 4.79 Å². The number of carbonyl (C=O) groups excluding carboxylic acids is 1. The van der Waals surface area contributed by atoms with Crippen LogP contribution in [0.25, 0.3) is 0 Å². The Morgan fingerprint density at radius 3 is 2.58 bits per heavy atom. The first-order valence-electron chi connectivity index (χ1n) is 5.69. The molecule has 0 atom stereocenters. The summed E-state index contributed by atoms with van der Waals surface area (Å²) in [5.74, 6) is 0.651. The third kappa shape index (κ3) is 5.00. The number of amides is 1. The van der Waals surface area contributed by atoms with Crippen molar-refractivity contribution in [2.45, 2.75) is 11.6 Å². The number of anilines is 1. The first kappa shape index (κ1) is 14.0. The first-order valence-corrected chi connectivity index (χ1v) is 7.47. The molecular formula is C13H12BrN3OS. The Balaban J connectivity index is 1.74. The minimum Gasteiger partial charge on any atom is -0.326 e. The molecule has 0 bridgehead atoms. The van der Waals surface area contributed by atoms with Crippen LogP contribution in [0.15, 0.2) is 52.4 Å². The number of rotatable bonds is 5. The lowest BCUT2D eigenvalue weighted by Crippen LogP contribution is -2.12. The number of nitrogens with one attached hydrogen (secondary N) is 1.